The van der Waals surface area contributed by atoms with Gasteiger partial charge < -0.3 is 9.88 Å². The minimum Gasteiger partial charge on any atom is -0.384 e. The first-order valence-corrected chi connectivity index (χ1v) is 6.99. The van der Waals surface area contributed by atoms with Crippen molar-refractivity contribution < 1.29 is 0 Å². The molecule has 0 unspecified atom stereocenters. The molecule has 1 aromatic carbocycles. The first kappa shape index (κ1) is 13.4. The largest absolute Gasteiger partial charge is 0.384 e. The van der Waals surface area contributed by atoms with Crippen molar-refractivity contribution >= 4 is 33.2 Å². The van der Waals surface area contributed by atoms with E-state index >= 15 is 0 Å². The van der Waals surface area contributed by atoms with E-state index in [4.69, 9.17) is 11.6 Å². The molecule has 1 heterocycles. The van der Waals surface area contributed by atoms with Gasteiger partial charge in [0.1, 0.15) is 0 Å². The molecule has 0 saturated carbocycles. The molecule has 0 amide bonds. The maximum atomic E-state index is 6.11. The van der Waals surface area contributed by atoms with E-state index in [9.17, 15) is 0 Å². The van der Waals surface area contributed by atoms with E-state index in [-0.39, 0.29) is 0 Å². The Morgan fingerprint density at radius 2 is 2.28 bits per heavy atom. The molecule has 96 valence electrons. The Hall–Kier alpha value is -1.00. The Balaban J connectivity index is 1.85. The first-order valence-electron chi connectivity index (χ1n) is 5.82. The number of aromatic nitrogens is 2. The number of hydrogen-bond donors (Lipinski definition) is 1. The van der Waals surface area contributed by atoms with E-state index in [1.807, 2.05) is 31.6 Å². The summed E-state index contributed by atoms with van der Waals surface area (Å²) in [6.45, 7) is 3.86. The zero-order chi connectivity index (χ0) is 13.0. The van der Waals surface area contributed by atoms with Crippen molar-refractivity contribution in [2.45, 2.75) is 19.9 Å². The monoisotopic (exact) mass is 327 g/mol. The molecular formula is C13H15BrClN3. The Kier molecular flexibility index (Phi) is 4.66. The van der Waals surface area contributed by atoms with Crippen LogP contribution in [-0.4, -0.2) is 16.1 Å². The van der Waals surface area contributed by atoms with Crippen molar-refractivity contribution in [1.29, 1.82) is 0 Å². The SMILES string of the molecule is Cc1cc(Br)c(NCCCn2ccnc2)cc1Cl. The summed E-state index contributed by atoms with van der Waals surface area (Å²) in [5.74, 6) is 0. The van der Waals surface area contributed by atoms with Gasteiger partial charge in [0.25, 0.3) is 0 Å². The average Bonchev–Trinajstić information content (AvgIpc) is 2.84. The van der Waals surface area contributed by atoms with Crippen LogP contribution < -0.4 is 5.32 Å². The normalized spacial score (nSPS) is 10.6. The first-order chi connectivity index (χ1) is 8.66. The summed E-state index contributed by atoms with van der Waals surface area (Å²) >= 11 is 9.64. The molecule has 0 fully saturated rings. The number of hydrogen-bond acceptors (Lipinski definition) is 2. The maximum absolute atomic E-state index is 6.11. The maximum Gasteiger partial charge on any atom is 0.0945 e. The molecule has 0 aliphatic rings. The van der Waals surface area contributed by atoms with E-state index in [1.54, 1.807) is 6.20 Å². The number of halogens is 2. The minimum atomic E-state index is 0.787. The number of aryl methyl sites for hydroxylation is 2. The molecule has 18 heavy (non-hydrogen) atoms. The van der Waals surface area contributed by atoms with Gasteiger partial charge in [0.15, 0.2) is 0 Å². The van der Waals surface area contributed by atoms with Gasteiger partial charge in [-0.25, -0.2) is 4.98 Å². The van der Waals surface area contributed by atoms with Crippen LogP contribution in [0, 0.1) is 6.92 Å². The molecule has 3 nitrogen and oxygen atoms in total. The highest BCUT2D eigenvalue weighted by atomic mass is 79.9. The lowest BCUT2D eigenvalue weighted by Crippen LogP contribution is -2.06. The second-order valence-electron chi connectivity index (χ2n) is 4.16. The van der Waals surface area contributed by atoms with Crippen LogP contribution in [0.1, 0.15) is 12.0 Å². The smallest absolute Gasteiger partial charge is 0.0945 e. The molecule has 0 aliphatic heterocycles. The van der Waals surface area contributed by atoms with Crippen LogP contribution in [0.3, 0.4) is 0 Å². The number of benzene rings is 1. The lowest BCUT2D eigenvalue weighted by atomic mass is 10.2. The van der Waals surface area contributed by atoms with Gasteiger partial charge in [-0.15, -0.1) is 0 Å². The van der Waals surface area contributed by atoms with Gasteiger partial charge >= 0.3 is 0 Å². The van der Waals surface area contributed by atoms with Gasteiger partial charge in [-0.2, -0.15) is 0 Å². The molecule has 2 rings (SSSR count). The molecule has 5 heteroatoms. The molecule has 1 N–H and O–H groups in total. The fraction of sp³-hybridized carbons (Fsp3) is 0.308. The highest BCUT2D eigenvalue weighted by Gasteiger charge is 2.03. The zero-order valence-corrected chi connectivity index (χ0v) is 12.5. The van der Waals surface area contributed by atoms with E-state index in [1.165, 1.54) is 0 Å². The van der Waals surface area contributed by atoms with Gasteiger partial charge in [0.05, 0.1) is 6.33 Å². The predicted molar refractivity (Wildman–Crippen MR) is 79.2 cm³/mol. The van der Waals surface area contributed by atoms with Crippen molar-refractivity contribution in [3.8, 4) is 0 Å². The number of nitrogens with one attached hydrogen (secondary N) is 1. The van der Waals surface area contributed by atoms with Crippen molar-refractivity contribution in [3.63, 3.8) is 0 Å². The van der Waals surface area contributed by atoms with Crippen molar-refractivity contribution in [1.82, 2.24) is 9.55 Å². The van der Waals surface area contributed by atoms with Crippen LogP contribution in [0.4, 0.5) is 5.69 Å². The summed E-state index contributed by atoms with van der Waals surface area (Å²) in [5, 5.41) is 4.17. The summed E-state index contributed by atoms with van der Waals surface area (Å²) < 4.78 is 3.12. The molecule has 0 aliphatic carbocycles. The summed E-state index contributed by atoms with van der Waals surface area (Å²) in [4.78, 5) is 4.01. The predicted octanol–water partition coefficient (Wildman–Crippen LogP) is 4.11. The highest BCUT2D eigenvalue weighted by molar-refractivity contribution is 9.10. The fourth-order valence-corrected chi connectivity index (χ4v) is 2.45. The molecule has 0 spiro atoms. The minimum absolute atomic E-state index is 0.787. The standard InChI is InChI=1S/C13H15BrClN3/c1-10-7-11(14)13(8-12(10)15)17-3-2-5-18-6-4-16-9-18/h4,6-9,17H,2-3,5H2,1H3. The highest BCUT2D eigenvalue weighted by Crippen LogP contribution is 2.29. The summed E-state index contributed by atoms with van der Waals surface area (Å²) in [6.07, 6.45) is 6.63. The van der Waals surface area contributed by atoms with E-state index in [2.05, 4.69) is 30.8 Å². The Bertz CT molecular complexity index is 511. The van der Waals surface area contributed by atoms with Crippen molar-refractivity contribution in [2.75, 3.05) is 11.9 Å². The topological polar surface area (TPSA) is 29.9 Å². The van der Waals surface area contributed by atoms with Crippen LogP contribution in [0.15, 0.2) is 35.3 Å². The van der Waals surface area contributed by atoms with Crippen LogP contribution >= 0.6 is 27.5 Å². The molecule has 0 saturated heterocycles. The number of nitrogens with zero attached hydrogens (tertiary/aromatic N) is 2. The zero-order valence-electron chi connectivity index (χ0n) is 10.2. The summed E-state index contributed by atoms with van der Waals surface area (Å²) in [7, 11) is 0. The molecule has 0 radical (unpaired) electrons. The third-order valence-corrected chi connectivity index (χ3v) is 3.78. The third-order valence-electron chi connectivity index (χ3n) is 2.72. The number of imidazole rings is 1. The lowest BCUT2D eigenvalue weighted by Gasteiger charge is -2.10. The lowest BCUT2D eigenvalue weighted by molar-refractivity contribution is 0.660. The quantitative estimate of drug-likeness (QED) is 0.837. The molecule has 0 atom stereocenters. The third kappa shape index (κ3) is 3.50. The van der Waals surface area contributed by atoms with Crippen LogP contribution in [-0.2, 0) is 6.54 Å². The van der Waals surface area contributed by atoms with Crippen LogP contribution in [0.5, 0.6) is 0 Å². The number of rotatable bonds is 5. The molecule has 1 aromatic heterocycles. The molecule has 0 bridgehead atoms. The molecule has 2 aromatic rings. The van der Waals surface area contributed by atoms with Crippen LogP contribution in [0.25, 0.3) is 0 Å². The van der Waals surface area contributed by atoms with Gasteiger partial charge in [-0.05, 0) is 47.0 Å². The van der Waals surface area contributed by atoms with Gasteiger partial charge in [-0.3, -0.25) is 0 Å². The van der Waals surface area contributed by atoms with E-state index in [0.29, 0.717) is 0 Å². The van der Waals surface area contributed by atoms with E-state index < -0.39 is 0 Å². The summed E-state index contributed by atoms with van der Waals surface area (Å²) in [6, 6.07) is 3.98. The second-order valence-corrected chi connectivity index (χ2v) is 5.42. The van der Waals surface area contributed by atoms with Crippen LogP contribution in [0.2, 0.25) is 5.02 Å². The van der Waals surface area contributed by atoms with Crippen molar-refractivity contribution in [3.05, 3.63) is 45.9 Å². The average molecular weight is 329 g/mol. The van der Waals surface area contributed by atoms with Gasteiger partial charge in [0, 0.05) is 40.7 Å². The van der Waals surface area contributed by atoms with Gasteiger partial charge in [0.2, 0.25) is 0 Å². The van der Waals surface area contributed by atoms with E-state index in [0.717, 1.165) is 40.3 Å². The fourth-order valence-electron chi connectivity index (χ4n) is 1.69. The van der Waals surface area contributed by atoms with Gasteiger partial charge in [-0.1, -0.05) is 11.6 Å². The summed E-state index contributed by atoms with van der Waals surface area (Å²) in [5.41, 5.74) is 2.11. The Morgan fingerprint density at radius 1 is 1.44 bits per heavy atom. The second kappa shape index (κ2) is 6.25. The Labute approximate surface area is 120 Å². The Morgan fingerprint density at radius 3 is 3.00 bits per heavy atom. The molecular weight excluding hydrogens is 314 g/mol. The van der Waals surface area contributed by atoms with Crippen molar-refractivity contribution in [2.24, 2.45) is 0 Å². The number of anilines is 1.